The normalized spacial score (nSPS) is 24.7. The van der Waals surface area contributed by atoms with Gasteiger partial charge in [0.05, 0.1) is 22.6 Å². The van der Waals surface area contributed by atoms with Gasteiger partial charge in [0.15, 0.2) is 0 Å². The lowest BCUT2D eigenvalue weighted by Gasteiger charge is -2.46. The molecule has 1 unspecified atom stereocenters. The van der Waals surface area contributed by atoms with Crippen molar-refractivity contribution in [1.82, 2.24) is 10.2 Å². The van der Waals surface area contributed by atoms with Crippen LogP contribution in [0.25, 0.3) is 0 Å². The minimum absolute atomic E-state index is 0.0855. The summed E-state index contributed by atoms with van der Waals surface area (Å²) in [5, 5.41) is 3.07. The molecule has 2 aliphatic rings. The summed E-state index contributed by atoms with van der Waals surface area (Å²) in [6.07, 6.45) is -4.65. The third-order valence-corrected chi connectivity index (χ3v) is 8.34. The van der Waals surface area contributed by atoms with Crippen molar-refractivity contribution in [2.45, 2.75) is 82.2 Å². The summed E-state index contributed by atoms with van der Waals surface area (Å²) in [6, 6.07) is 11.2. The Morgan fingerprint density at radius 2 is 1.42 bits per heavy atom. The van der Waals surface area contributed by atoms with Crippen LogP contribution in [0.1, 0.15) is 80.5 Å². The van der Waals surface area contributed by atoms with Crippen LogP contribution < -0.4 is 5.32 Å². The van der Waals surface area contributed by atoms with Crippen molar-refractivity contribution in [3.05, 3.63) is 70.8 Å². The molecule has 4 rings (SSSR count). The molecule has 0 spiro atoms. The number of benzene rings is 2. The first kappa shape index (κ1) is 28.5. The first-order chi connectivity index (χ1) is 17.8. The summed E-state index contributed by atoms with van der Waals surface area (Å²) in [5.41, 5.74) is -3.00. The van der Waals surface area contributed by atoms with Crippen molar-refractivity contribution in [3.8, 4) is 0 Å². The average molecular weight is 541 g/mol. The van der Waals surface area contributed by atoms with Gasteiger partial charge in [-0.1, -0.05) is 37.3 Å². The summed E-state index contributed by atoms with van der Waals surface area (Å²) in [5.74, 6) is -1.08. The Kier molecular flexibility index (Phi) is 8.17. The molecule has 2 aromatic carbocycles. The van der Waals surface area contributed by atoms with Crippen LogP contribution in [0.2, 0.25) is 0 Å². The largest absolute Gasteiger partial charge is 0.416 e. The average Bonchev–Trinajstić information content (AvgIpc) is 2.88. The molecular formula is C29H34F6N2O. The molecule has 0 bridgehead atoms. The van der Waals surface area contributed by atoms with Gasteiger partial charge in [-0.25, -0.2) is 0 Å². The van der Waals surface area contributed by atoms with E-state index in [0.717, 1.165) is 44.3 Å². The second kappa shape index (κ2) is 10.9. The van der Waals surface area contributed by atoms with Crippen LogP contribution in [0, 0.1) is 5.92 Å². The Hall–Kier alpha value is -2.55. The van der Waals surface area contributed by atoms with Crippen molar-refractivity contribution in [3.63, 3.8) is 0 Å². The highest BCUT2D eigenvalue weighted by Gasteiger charge is 2.42. The minimum Gasteiger partial charge on any atom is -0.346 e. The zero-order valence-corrected chi connectivity index (χ0v) is 21.6. The van der Waals surface area contributed by atoms with Gasteiger partial charge in [-0.05, 0) is 93.8 Å². The van der Waals surface area contributed by atoms with Crippen molar-refractivity contribution < 1.29 is 31.1 Å². The quantitative estimate of drug-likeness (QED) is 0.398. The van der Waals surface area contributed by atoms with Crippen LogP contribution in [0.15, 0.2) is 48.5 Å². The number of alkyl halides is 6. The van der Waals surface area contributed by atoms with Crippen molar-refractivity contribution in [2.75, 3.05) is 13.1 Å². The summed E-state index contributed by atoms with van der Waals surface area (Å²) >= 11 is 0. The molecule has 0 radical (unpaired) electrons. The van der Waals surface area contributed by atoms with Crippen LogP contribution in [-0.2, 0) is 22.7 Å². The standard InChI is InChI=1S/C29H34F6N2O/c1-19-10-14-37(15-11-19)25-8-12-27(13-9-25,22-6-4-3-5-7-22)36-26(38)20(2)21-16-23(28(30,31)32)18-24(17-21)29(33,34)35/h3-7,16-20,25H,8-15H2,1-2H3,(H,36,38). The summed E-state index contributed by atoms with van der Waals surface area (Å²) in [6.45, 7) is 5.71. The highest BCUT2D eigenvalue weighted by molar-refractivity contribution is 5.84. The number of amides is 1. The highest BCUT2D eigenvalue weighted by atomic mass is 19.4. The fourth-order valence-corrected chi connectivity index (χ4v) is 5.82. The monoisotopic (exact) mass is 540 g/mol. The molecule has 1 amide bonds. The zero-order chi connectivity index (χ0) is 27.7. The van der Waals surface area contributed by atoms with E-state index in [1.165, 1.54) is 6.92 Å². The van der Waals surface area contributed by atoms with E-state index in [-0.39, 0.29) is 11.6 Å². The number of piperidine rings is 1. The van der Waals surface area contributed by atoms with Crippen molar-refractivity contribution in [2.24, 2.45) is 5.92 Å². The van der Waals surface area contributed by atoms with Gasteiger partial charge >= 0.3 is 12.4 Å². The second-order valence-electron chi connectivity index (χ2n) is 10.9. The van der Waals surface area contributed by atoms with Gasteiger partial charge in [0.25, 0.3) is 0 Å². The van der Waals surface area contributed by atoms with Gasteiger partial charge in [0.1, 0.15) is 0 Å². The Balaban J connectivity index is 1.58. The molecule has 1 saturated carbocycles. The first-order valence-corrected chi connectivity index (χ1v) is 13.2. The molecule has 1 saturated heterocycles. The molecule has 1 N–H and O–H groups in total. The molecule has 1 heterocycles. The molecule has 1 aliphatic carbocycles. The first-order valence-electron chi connectivity index (χ1n) is 13.2. The van der Waals surface area contributed by atoms with Crippen LogP contribution >= 0.6 is 0 Å². The Bertz CT molecular complexity index is 1070. The summed E-state index contributed by atoms with van der Waals surface area (Å²) in [7, 11) is 0. The maximum absolute atomic E-state index is 13.4. The van der Waals surface area contributed by atoms with Gasteiger partial charge in [-0.3, -0.25) is 4.79 Å². The van der Waals surface area contributed by atoms with Crippen molar-refractivity contribution in [1.29, 1.82) is 0 Å². The maximum atomic E-state index is 13.4. The van der Waals surface area contributed by atoms with Crippen LogP contribution in [0.5, 0.6) is 0 Å². The Labute approximate surface area is 219 Å². The number of halogens is 6. The molecule has 38 heavy (non-hydrogen) atoms. The summed E-state index contributed by atoms with van der Waals surface area (Å²) < 4.78 is 80.4. The molecule has 2 aromatic rings. The predicted molar refractivity (Wildman–Crippen MR) is 133 cm³/mol. The molecule has 9 heteroatoms. The maximum Gasteiger partial charge on any atom is 0.416 e. The fraction of sp³-hybridized carbons (Fsp3) is 0.552. The van der Waals surface area contributed by atoms with Gasteiger partial charge < -0.3 is 10.2 Å². The van der Waals surface area contributed by atoms with E-state index in [2.05, 4.69) is 17.1 Å². The molecule has 2 fully saturated rings. The smallest absolute Gasteiger partial charge is 0.346 e. The topological polar surface area (TPSA) is 32.3 Å². The third-order valence-electron chi connectivity index (χ3n) is 8.34. The molecule has 3 nitrogen and oxygen atoms in total. The van der Waals surface area contributed by atoms with Gasteiger partial charge in [0, 0.05) is 6.04 Å². The molecular weight excluding hydrogens is 506 g/mol. The number of hydrogen-bond acceptors (Lipinski definition) is 2. The van der Waals surface area contributed by atoms with Crippen LogP contribution in [0.3, 0.4) is 0 Å². The number of hydrogen-bond donors (Lipinski definition) is 1. The Morgan fingerprint density at radius 1 is 0.895 bits per heavy atom. The van der Waals surface area contributed by atoms with E-state index in [4.69, 9.17) is 0 Å². The molecule has 1 aliphatic heterocycles. The van der Waals surface area contributed by atoms with Crippen LogP contribution in [-0.4, -0.2) is 29.9 Å². The molecule has 0 aromatic heterocycles. The van der Waals surface area contributed by atoms with E-state index in [1.807, 2.05) is 30.3 Å². The van der Waals surface area contributed by atoms with E-state index >= 15 is 0 Å². The van der Waals surface area contributed by atoms with Gasteiger partial charge in [-0.15, -0.1) is 0 Å². The lowest BCUT2D eigenvalue weighted by molar-refractivity contribution is -0.143. The fourth-order valence-electron chi connectivity index (χ4n) is 5.82. The van der Waals surface area contributed by atoms with Crippen LogP contribution in [0.4, 0.5) is 26.3 Å². The van der Waals surface area contributed by atoms with E-state index in [1.54, 1.807) is 0 Å². The third kappa shape index (κ3) is 6.35. The van der Waals surface area contributed by atoms with Crippen molar-refractivity contribution >= 4 is 5.91 Å². The van der Waals surface area contributed by atoms with E-state index in [9.17, 15) is 31.1 Å². The number of carbonyl (C=O) groups is 1. The number of likely N-dealkylation sites (tertiary alicyclic amines) is 1. The molecule has 1 atom stereocenters. The second-order valence-corrected chi connectivity index (χ2v) is 10.9. The molecule has 208 valence electrons. The number of rotatable bonds is 5. The lowest BCUT2D eigenvalue weighted by Crippen LogP contribution is -2.53. The Morgan fingerprint density at radius 3 is 1.92 bits per heavy atom. The number of nitrogens with one attached hydrogen (secondary N) is 1. The summed E-state index contributed by atoms with van der Waals surface area (Å²) in [4.78, 5) is 16.0. The van der Waals surface area contributed by atoms with Gasteiger partial charge in [0.2, 0.25) is 5.91 Å². The minimum atomic E-state index is -4.97. The number of carbonyl (C=O) groups excluding carboxylic acids is 1. The number of nitrogens with zero attached hydrogens (tertiary/aromatic N) is 1. The predicted octanol–water partition coefficient (Wildman–Crippen LogP) is 7.51. The highest BCUT2D eigenvalue weighted by Crippen LogP contribution is 2.41. The zero-order valence-electron chi connectivity index (χ0n) is 21.6. The van der Waals surface area contributed by atoms with E-state index in [0.29, 0.717) is 36.9 Å². The lowest BCUT2D eigenvalue weighted by atomic mass is 9.73. The SMILES string of the molecule is CC1CCN(C2CCC(NC(=O)C(C)c3cc(C(F)(F)F)cc(C(F)(F)F)c3)(c3ccccc3)CC2)CC1. The van der Waals surface area contributed by atoms with Gasteiger partial charge in [-0.2, -0.15) is 26.3 Å². The van der Waals surface area contributed by atoms with E-state index < -0.39 is 40.8 Å².